The number of nitrogens with one attached hydrogen (secondary N) is 1. The molecule has 144 valence electrons. The van der Waals surface area contributed by atoms with Gasteiger partial charge in [0.25, 0.3) is 0 Å². The van der Waals surface area contributed by atoms with Crippen LogP contribution in [-0.4, -0.2) is 54.2 Å². The summed E-state index contributed by atoms with van der Waals surface area (Å²) in [5, 5.41) is 12.7. The van der Waals surface area contributed by atoms with Crippen molar-refractivity contribution in [3.63, 3.8) is 0 Å². The first-order chi connectivity index (χ1) is 13.0. The van der Waals surface area contributed by atoms with Crippen LogP contribution in [0.2, 0.25) is 0 Å². The van der Waals surface area contributed by atoms with Gasteiger partial charge in [0.15, 0.2) is 11.5 Å². The summed E-state index contributed by atoms with van der Waals surface area (Å²) in [4.78, 5) is 0. The molecule has 0 aliphatic rings. The van der Waals surface area contributed by atoms with Gasteiger partial charge in [0.05, 0.1) is 18.4 Å². The summed E-state index contributed by atoms with van der Waals surface area (Å²) in [6, 6.07) is 10.8. The second kappa shape index (κ2) is 8.31. The third-order valence-electron chi connectivity index (χ3n) is 3.73. The van der Waals surface area contributed by atoms with Gasteiger partial charge in [0.2, 0.25) is 15.9 Å². The molecule has 0 aliphatic heterocycles. The minimum Gasteiger partial charge on any atom is -0.496 e. The first-order valence-electron chi connectivity index (χ1n) is 8.50. The van der Waals surface area contributed by atoms with Gasteiger partial charge in [-0.1, -0.05) is 19.1 Å². The number of para-hydroxylation sites is 1. The molecule has 0 saturated heterocycles. The molecule has 0 saturated carbocycles. The monoisotopic (exact) mass is 391 g/mol. The van der Waals surface area contributed by atoms with Gasteiger partial charge >= 0.3 is 0 Å². The number of ether oxygens (including phenoxy) is 2. The molecular formula is C17H21N5O4S. The van der Waals surface area contributed by atoms with Crippen molar-refractivity contribution in [2.24, 2.45) is 0 Å². The van der Waals surface area contributed by atoms with Gasteiger partial charge in [0, 0.05) is 12.6 Å². The Labute approximate surface area is 157 Å². The molecule has 2 aromatic heterocycles. The van der Waals surface area contributed by atoms with Crippen LogP contribution in [0.5, 0.6) is 11.6 Å². The first kappa shape index (κ1) is 19.1. The van der Waals surface area contributed by atoms with Crippen LogP contribution >= 0.6 is 0 Å². The minimum absolute atomic E-state index is 0.0974. The Kier molecular flexibility index (Phi) is 5.87. The molecule has 3 aromatic rings. The number of aromatic nitrogens is 4. The maximum atomic E-state index is 11.6. The second-order valence-electron chi connectivity index (χ2n) is 5.73. The van der Waals surface area contributed by atoms with E-state index in [9.17, 15) is 8.42 Å². The molecule has 1 aromatic carbocycles. The summed E-state index contributed by atoms with van der Waals surface area (Å²) in [6.45, 7) is 2.14. The van der Waals surface area contributed by atoms with Gasteiger partial charge in [-0.25, -0.2) is 13.1 Å². The van der Waals surface area contributed by atoms with Gasteiger partial charge < -0.3 is 9.47 Å². The molecule has 0 spiro atoms. The Morgan fingerprint density at radius 3 is 2.74 bits per heavy atom. The van der Waals surface area contributed by atoms with Crippen LogP contribution in [-0.2, 0) is 10.0 Å². The van der Waals surface area contributed by atoms with E-state index < -0.39 is 10.0 Å². The molecule has 10 heteroatoms. The van der Waals surface area contributed by atoms with Crippen molar-refractivity contribution >= 4 is 15.7 Å². The van der Waals surface area contributed by atoms with Crippen LogP contribution in [0.4, 0.5) is 0 Å². The van der Waals surface area contributed by atoms with Gasteiger partial charge in [-0.05, 0) is 24.6 Å². The Balaban J connectivity index is 1.75. The average Bonchev–Trinajstić information content (AvgIpc) is 3.08. The van der Waals surface area contributed by atoms with E-state index in [-0.39, 0.29) is 18.9 Å². The highest BCUT2D eigenvalue weighted by Gasteiger charge is 2.14. The van der Waals surface area contributed by atoms with Gasteiger partial charge in [0.1, 0.15) is 12.4 Å². The zero-order chi connectivity index (χ0) is 19.3. The van der Waals surface area contributed by atoms with Crippen LogP contribution in [0, 0.1) is 0 Å². The fraction of sp³-hybridized carbons (Fsp3) is 0.353. The number of nitrogens with zero attached hydrogens (tertiary/aromatic N) is 4. The van der Waals surface area contributed by atoms with Crippen LogP contribution in [0.25, 0.3) is 17.0 Å². The molecule has 9 nitrogen and oxygen atoms in total. The van der Waals surface area contributed by atoms with E-state index in [2.05, 4.69) is 20.0 Å². The molecule has 0 amide bonds. The molecule has 0 aliphatic carbocycles. The number of sulfonamides is 1. The van der Waals surface area contributed by atoms with Gasteiger partial charge in [-0.3, -0.25) is 0 Å². The van der Waals surface area contributed by atoms with Crippen molar-refractivity contribution in [2.45, 2.75) is 13.3 Å². The summed E-state index contributed by atoms with van der Waals surface area (Å²) < 4.78 is 38.2. The zero-order valence-corrected chi connectivity index (χ0v) is 15.9. The fourth-order valence-electron chi connectivity index (χ4n) is 2.54. The summed E-state index contributed by atoms with van der Waals surface area (Å²) in [6.07, 6.45) is 0.563. The zero-order valence-electron chi connectivity index (χ0n) is 15.1. The number of methoxy groups -OCH3 is 1. The SMILES string of the molecule is CCCS(=O)(=O)NCCOc1ccc2nnc(-c3ccccc3OC)n2n1. The van der Waals surface area contributed by atoms with Crippen LogP contribution in [0.3, 0.4) is 0 Å². The van der Waals surface area contributed by atoms with Crippen molar-refractivity contribution < 1.29 is 17.9 Å². The van der Waals surface area contributed by atoms with Crippen molar-refractivity contribution in [3.8, 4) is 23.0 Å². The summed E-state index contributed by atoms with van der Waals surface area (Å²) in [5.41, 5.74) is 1.32. The lowest BCUT2D eigenvalue weighted by molar-refractivity contribution is 0.306. The average molecular weight is 391 g/mol. The molecule has 1 N–H and O–H groups in total. The maximum Gasteiger partial charge on any atom is 0.231 e. The predicted octanol–water partition coefficient (Wildman–Crippen LogP) is 1.51. The van der Waals surface area contributed by atoms with E-state index in [1.54, 1.807) is 23.8 Å². The molecule has 0 fully saturated rings. The highest BCUT2D eigenvalue weighted by molar-refractivity contribution is 7.89. The number of rotatable bonds is 9. The highest BCUT2D eigenvalue weighted by atomic mass is 32.2. The van der Waals surface area contributed by atoms with E-state index in [1.165, 1.54) is 0 Å². The van der Waals surface area contributed by atoms with E-state index in [1.807, 2.05) is 31.2 Å². The lowest BCUT2D eigenvalue weighted by Gasteiger charge is -2.08. The van der Waals surface area contributed by atoms with E-state index in [0.717, 1.165) is 5.56 Å². The number of hydrogen-bond donors (Lipinski definition) is 1. The summed E-state index contributed by atoms with van der Waals surface area (Å²) >= 11 is 0. The Hall–Kier alpha value is -2.72. The Bertz CT molecular complexity index is 1020. The molecule has 2 heterocycles. The number of fused-ring (bicyclic) bond motifs is 1. The fourth-order valence-corrected chi connectivity index (χ4v) is 3.62. The lowest BCUT2D eigenvalue weighted by Crippen LogP contribution is -2.30. The lowest BCUT2D eigenvalue weighted by atomic mass is 10.2. The van der Waals surface area contributed by atoms with Crippen LogP contribution in [0.15, 0.2) is 36.4 Å². The Morgan fingerprint density at radius 1 is 1.15 bits per heavy atom. The minimum atomic E-state index is -3.25. The normalized spacial score (nSPS) is 11.6. The molecule has 0 unspecified atom stereocenters. The van der Waals surface area contributed by atoms with Crippen molar-refractivity contribution in [1.29, 1.82) is 0 Å². The summed E-state index contributed by atoms with van der Waals surface area (Å²) in [7, 11) is -1.66. The molecular weight excluding hydrogens is 370 g/mol. The maximum absolute atomic E-state index is 11.6. The van der Waals surface area contributed by atoms with Crippen LogP contribution < -0.4 is 14.2 Å². The molecule has 0 radical (unpaired) electrons. The topological polar surface area (TPSA) is 108 Å². The third-order valence-corrected chi connectivity index (χ3v) is 5.32. The smallest absolute Gasteiger partial charge is 0.231 e. The number of benzene rings is 1. The largest absolute Gasteiger partial charge is 0.496 e. The number of hydrogen-bond acceptors (Lipinski definition) is 7. The molecule has 0 atom stereocenters. The Morgan fingerprint density at radius 2 is 1.96 bits per heavy atom. The third kappa shape index (κ3) is 4.52. The molecule has 0 bridgehead atoms. The van der Waals surface area contributed by atoms with E-state index in [0.29, 0.717) is 29.5 Å². The highest BCUT2D eigenvalue weighted by Crippen LogP contribution is 2.28. The quantitative estimate of drug-likeness (QED) is 0.551. The standard InChI is InChI=1S/C17H21N5O4S/c1-3-12-27(23,24)18-10-11-26-16-9-8-15-19-20-17(22(15)21-16)13-6-4-5-7-14(13)25-2/h4-9,18H,3,10-12H2,1-2H3. The van der Waals surface area contributed by atoms with Crippen molar-refractivity contribution in [3.05, 3.63) is 36.4 Å². The van der Waals surface area contributed by atoms with Crippen LogP contribution in [0.1, 0.15) is 13.3 Å². The first-order valence-corrected chi connectivity index (χ1v) is 10.2. The predicted molar refractivity (Wildman–Crippen MR) is 100 cm³/mol. The van der Waals surface area contributed by atoms with E-state index in [4.69, 9.17) is 9.47 Å². The van der Waals surface area contributed by atoms with Crippen molar-refractivity contribution in [1.82, 2.24) is 24.5 Å². The van der Waals surface area contributed by atoms with E-state index >= 15 is 0 Å². The van der Waals surface area contributed by atoms with Gasteiger partial charge in [-0.15, -0.1) is 15.3 Å². The molecule has 3 rings (SSSR count). The second-order valence-corrected chi connectivity index (χ2v) is 7.65. The van der Waals surface area contributed by atoms with Crippen molar-refractivity contribution in [2.75, 3.05) is 26.0 Å². The van der Waals surface area contributed by atoms with Gasteiger partial charge in [-0.2, -0.15) is 4.52 Å². The molecule has 27 heavy (non-hydrogen) atoms. The summed E-state index contributed by atoms with van der Waals surface area (Å²) in [5.74, 6) is 1.62.